The number of benzene rings is 1. The lowest BCUT2D eigenvalue weighted by atomic mass is 10.1. The molecule has 2 heterocycles. The first-order chi connectivity index (χ1) is 14.5. The highest BCUT2D eigenvalue weighted by Crippen LogP contribution is 2.33. The highest BCUT2D eigenvalue weighted by atomic mass is 32.2. The average molecular weight is 434 g/mol. The van der Waals surface area contributed by atoms with Gasteiger partial charge in [0, 0.05) is 17.0 Å². The highest BCUT2D eigenvalue weighted by Gasteiger charge is 2.30. The second kappa shape index (κ2) is 9.53. The summed E-state index contributed by atoms with van der Waals surface area (Å²) in [6.07, 6.45) is 0. The first-order valence-corrected chi connectivity index (χ1v) is 10.1. The van der Waals surface area contributed by atoms with Crippen molar-refractivity contribution in [3.05, 3.63) is 29.5 Å². The third-order valence-electron chi connectivity index (χ3n) is 4.24. The molecule has 3 rings (SSSR count). The van der Waals surface area contributed by atoms with E-state index in [1.54, 1.807) is 46.3 Å². The van der Waals surface area contributed by atoms with Gasteiger partial charge in [-0.25, -0.2) is 9.59 Å². The maximum absolute atomic E-state index is 12.3. The monoisotopic (exact) mass is 434 g/mol. The Morgan fingerprint density at radius 1 is 1.23 bits per heavy atom. The highest BCUT2D eigenvalue weighted by molar-refractivity contribution is 7.99. The molecule has 2 N–H and O–H groups in total. The van der Waals surface area contributed by atoms with E-state index < -0.39 is 12.0 Å². The van der Waals surface area contributed by atoms with Crippen LogP contribution in [-0.4, -0.2) is 54.8 Å². The van der Waals surface area contributed by atoms with Crippen LogP contribution in [0, 0.1) is 0 Å². The van der Waals surface area contributed by atoms with E-state index in [1.807, 2.05) is 0 Å². The van der Waals surface area contributed by atoms with Crippen molar-refractivity contribution in [3.63, 3.8) is 0 Å². The lowest BCUT2D eigenvalue weighted by Crippen LogP contribution is -2.49. The number of carbonyl (C=O) groups excluding carboxylic acids is 2. The predicted octanol–water partition coefficient (Wildman–Crippen LogP) is 2.36. The van der Waals surface area contributed by atoms with Gasteiger partial charge in [-0.2, -0.15) is 0 Å². The van der Waals surface area contributed by atoms with Crippen molar-refractivity contribution in [2.24, 2.45) is 0 Å². The Balaban J connectivity index is 1.77. The SMILES string of the molecule is CCOC(=O)C1=C(CSc2nnc(-c3ccc(OC)c(OC)c3)o2)NC(=O)N[C@@H]1C. The van der Waals surface area contributed by atoms with E-state index in [1.165, 1.54) is 11.8 Å². The van der Waals surface area contributed by atoms with Gasteiger partial charge in [0.25, 0.3) is 5.22 Å². The molecule has 0 bridgehead atoms. The van der Waals surface area contributed by atoms with Crippen molar-refractivity contribution in [2.45, 2.75) is 25.1 Å². The number of urea groups is 1. The quantitative estimate of drug-likeness (QED) is 0.476. The van der Waals surface area contributed by atoms with Crippen LogP contribution < -0.4 is 20.1 Å². The van der Waals surface area contributed by atoms with Crippen molar-refractivity contribution >= 4 is 23.8 Å². The van der Waals surface area contributed by atoms with Gasteiger partial charge in [-0.05, 0) is 32.0 Å². The van der Waals surface area contributed by atoms with E-state index in [9.17, 15) is 9.59 Å². The van der Waals surface area contributed by atoms with Gasteiger partial charge < -0.3 is 29.3 Å². The molecular formula is C19H22N4O6S. The Morgan fingerprint density at radius 3 is 2.70 bits per heavy atom. The Kier molecular flexibility index (Phi) is 6.83. The first kappa shape index (κ1) is 21.5. The molecule has 0 radical (unpaired) electrons. The summed E-state index contributed by atoms with van der Waals surface area (Å²) < 4.78 is 21.3. The van der Waals surface area contributed by atoms with Gasteiger partial charge in [-0.1, -0.05) is 11.8 Å². The molecule has 30 heavy (non-hydrogen) atoms. The summed E-state index contributed by atoms with van der Waals surface area (Å²) in [5.74, 6) is 1.20. The van der Waals surface area contributed by atoms with Crippen LogP contribution in [0.2, 0.25) is 0 Å². The summed E-state index contributed by atoms with van der Waals surface area (Å²) in [6, 6.07) is 4.39. The number of carbonyl (C=O) groups is 2. The van der Waals surface area contributed by atoms with Crippen LogP contribution in [0.4, 0.5) is 4.79 Å². The van der Waals surface area contributed by atoms with E-state index in [4.69, 9.17) is 18.6 Å². The number of ether oxygens (including phenoxy) is 3. The van der Waals surface area contributed by atoms with E-state index in [-0.39, 0.29) is 23.6 Å². The predicted molar refractivity (Wildman–Crippen MR) is 108 cm³/mol. The van der Waals surface area contributed by atoms with Gasteiger partial charge in [-0.3, -0.25) is 0 Å². The van der Waals surface area contributed by atoms with Gasteiger partial charge in [0.1, 0.15) is 0 Å². The Morgan fingerprint density at radius 2 is 2.00 bits per heavy atom. The molecule has 1 aliphatic heterocycles. The van der Waals surface area contributed by atoms with Crippen molar-refractivity contribution < 1.29 is 28.2 Å². The van der Waals surface area contributed by atoms with Crippen LogP contribution >= 0.6 is 11.8 Å². The molecule has 10 nitrogen and oxygen atoms in total. The molecule has 1 atom stereocenters. The largest absolute Gasteiger partial charge is 0.493 e. The fraction of sp³-hybridized carbons (Fsp3) is 0.368. The summed E-state index contributed by atoms with van der Waals surface area (Å²) in [6.45, 7) is 3.68. The normalized spacial score (nSPS) is 16.0. The summed E-state index contributed by atoms with van der Waals surface area (Å²) in [5, 5.41) is 13.7. The fourth-order valence-corrected chi connectivity index (χ4v) is 3.61. The van der Waals surface area contributed by atoms with Crippen LogP contribution in [0.25, 0.3) is 11.5 Å². The number of hydrogen-bond donors (Lipinski definition) is 2. The number of amides is 2. The molecular weight excluding hydrogens is 412 g/mol. The van der Waals surface area contributed by atoms with E-state index in [0.29, 0.717) is 34.2 Å². The number of methoxy groups -OCH3 is 2. The van der Waals surface area contributed by atoms with E-state index >= 15 is 0 Å². The number of aromatic nitrogens is 2. The van der Waals surface area contributed by atoms with E-state index in [0.717, 1.165) is 0 Å². The van der Waals surface area contributed by atoms with Crippen LogP contribution in [-0.2, 0) is 9.53 Å². The van der Waals surface area contributed by atoms with Gasteiger partial charge in [-0.15, -0.1) is 10.2 Å². The van der Waals surface area contributed by atoms with Crippen molar-refractivity contribution in [3.8, 4) is 23.0 Å². The zero-order valence-electron chi connectivity index (χ0n) is 17.0. The molecule has 160 valence electrons. The lowest BCUT2D eigenvalue weighted by Gasteiger charge is -2.26. The Hall–Kier alpha value is -3.21. The molecule has 1 aromatic heterocycles. The lowest BCUT2D eigenvalue weighted by molar-refractivity contribution is -0.138. The maximum atomic E-state index is 12.3. The third kappa shape index (κ3) is 4.67. The maximum Gasteiger partial charge on any atom is 0.337 e. The number of thioether (sulfide) groups is 1. The number of hydrogen-bond acceptors (Lipinski definition) is 9. The smallest absolute Gasteiger partial charge is 0.337 e. The molecule has 1 aliphatic rings. The summed E-state index contributed by atoms with van der Waals surface area (Å²) in [4.78, 5) is 24.1. The molecule has 2 aromatic rings. The third-order valence-corrected chi connectivity index (χ3v) is 5.09. The molecule has 0 saturated carbocycles. The zero-order valence-corrected chi connectivity index (χ0v) is 17.8. The van der Waals surface area contributed by atoms with Crippen molar-refractivity contribution in [1.29, 1.82) is 0 Å². The number of nitrogens with zero attached hydrogens (tertiary/aromatic N) is 2. The van der Waals surface area contributed by atoms with Crippen molar-refractivity contribution in [1.82, 2.24) is 20.8 Å². The first-order valence-electron chi connectivity index (χ1n) is 9.13. The minimum Gasteiger partial charge on any atom is -0.493 e. The van der Waals surface area contributed by atoms with Crippen LogP contribution in [0.5, 0.6) is 11.5 Å². The van der Waals surface area contributed by atoms with Gasteiger partial charge in [0.05, 0.1) is 32.4 Å². The van der Waals surface area contributed by atoms with Gasteiger partial charge in [0.15, 0.2) is 11.5 Å². The molecule has 1 aromatic carbocycles. The average Bonchev–Trinajstić information content (AvgIpc) is 3.20. The summed E-state index contributed by atoms with van der Waals surface area (Å²) >= 11 is 1.20. The molecule has 0 unspecified atom stereocenters. The molecule has 0 fully saturated rings. The topological polar surface area (TPSA) is 125 Å². The summed E-state index contributed by atoms with van der Waals surface area (Å²) in [7, 11) is 3.10. The molecule has 11 heteroatoms. The van der Waals surface area contributed by atoms with Crippen LogP contribution in [0.15, 0.2) is 39.1 Å². The number of esters is 1. The summed E-state index contributed by atoms with van der Waals surface area (Å²) in [5.41, 5.74) is 1.48. The molecule has 2 amide bonds. The Bertz CT molecular complexity index is 974. The second-order valence-corrected chi connectivity index (χ2v) is 7.09. The minimum absolute atomic E-state index is 0.238. The molecule has 0 spiro atoms. The molecule has 0 aliphatic carbocycles. The van der Waals surface area contributed by atoms with E-state index in [2.05, 4.69) is 20.8 Å². The number of nitrogens with one attached hydrogen (secondary N) is 2. The zero-order chi connectivity index (χ0) is 21.7. The van der Waals surface area contributed by atoms with Crippen LogP contribution in [0.3, 0.4) is 0 Å². The molecule has 0 saturated heterocycles. The Labute approximate surface area is 177 Å². The van der Waals surface area contributed by atoms with Crippen LogP contribution in [0.1, 0.15) is 13.8 Å². The van der Waals surface area contributed by atoms with Gasteiger partial charge in [0.2, 0.25) is 5.89 Å². The second-order valence-electron chi connectivity index (χ2n) is 6.16. The number of rotatable bonds is 8. The van der Waals surface area contributed by atoms with Gasteiger partial charge >= 0.3 is 12.0 Å². The fourth-order valence-electron chi connectivity index (χ4n) is 2.88. The standard InChI is InChI=1S/C19H22N4O6S/c1-5-28-17(24)15-10(2)20-18(25)21-12(15)9-30-19-23-22-16(29-19)11-6-7-13(26-3)14(8-11)27-4/h6-8,10H,5,9H2,1-4H3,(H2,20,21,25)/t10-/m1/s1. The van der Waals surface area contributed by atoms with Crippen molar-refractivity contribution in [2.75, 3.05) is 26.6 Å². The minimum atomic E-state index is -0.482.